The Balaban J connectivity index is 1.73. The number of nitrogens with one attached hydrogen (secondary N) is 1. The highest BCUT2D eigenvalue weighted by Crippen LogP contribution is 2.19. The Hall–Kier alpha value is -3.48. The van der Waals surface area contributed by atoms with Gasteiger partial charge in [0.2, 0.25) is 0 Å². The van der Waals surface area contributed by atoms with Gasteiger partial charge in [-0.05, 0) is 18.6 Å². The molecule has 0 unspecified atom stereocenters. The second kappa shape index (κ2) is 6.96. The van der Waals surface area contributed by atoms with Crippen molar-refractivity contribution in [2.24, 2.45) is 0 Å². The molecule has 1 aromatic heterocycles. The normalized spacial score (nSPS) is 10.4. The van der Waals surface area contributed by atoms with Gasteiger partial charge in [-0.15, -0.1) is 0 Å². The predicted octanol–water partition coefficient (Wildman–Crippen LogP) is 3.40. The van der Waals surface area contributed by atoms with Crippen molar-refractivity contribution in [1.82, 2.24) is 9.78 Å². The summed E-state index contributed by atoms with van der Waals surface area (Å²) < 4.78 is 1.70. The van der Waals surface area contributed by atoms with E-state index in [2.05, 4.69) is 16.5 Å². The van der Waals surface area contributed by atoms with Crippen LogP contribution in [0.5, 0.6) is 0 Å². The van der Waals surface area contributed by atoms with E-state index < -0.39 is 10.8 Å². The summed E-state index contributed by atoms with van der Waals surface area (Å²) in [5.41, 5.74) is 2.02. The van der Waals surface area contributed by atoms with E-state index in [9.17, 15) is 14.9 Å². The van der Waals surface area contributed by atoms with Gasteiger partial charge in [-0.1, -0.05) is 42.0 Å². The summed E-state index contributed by atoms with van der Waals surface area (Å²) >= 11 is 0. The lowest BCUT2D eigenvalue weighted by atomic mass is 10.1. The molecule has 1 amide bonds. The molecule has 3 aromatic rings. The van der Waals surface area contributed by atoms with Gasteiger partial charge in [0, 0.05) is 18.3 Å². The Morgan fingerprint density at radius 3 is 2.76 bits per heavy atom. The van der Waals surface area contributed by atoms with Gasteiger partial charge in [0.05, 0.1) is 11.5 Å². The smallest absolute Gasteiger partial charge is 0.282 e. The topological polar surface area (TPSA) is 90.1 Å². The summed E-state index contributed by atoms with van der Waals surface area (Å²) in [5.74, 6) is -0.219. The van der Waals surface area contributed by atoms with Crippen LogP contribution in [-0.4, -0.2) is 20.6 Å². The number of hydrogen-bond donors (Lipinski definition) is 1. The highest BCUT2D eigenvalue weighted by atomic mass is 16.6. The van der Waals surface area contributed by atoms with Crippen LogP contribution in [0.3, 0.4) is 0 Å². The zero-order valence-corrected chi connectivity index (χ0v) is 13.5. The molecule has 7 heteroatoms. The van der Waals surface area contributed by atoms with Gasteiger partial charge in [-0.3, -0.25) is 19.6 Å². The van der Waals surface area contributed by atoms with Crippen LogP contribution in [0.2, 0.25) is 0 Å². The number of nitrogens with zero attached hydrogens (tertiary/aromatic N) is 3. The molecule has 0 saturated heterocycles. The fourth-order valence-corrected chi connectivity index (χ4v) is 2.52. The highest BCUT2D eigenvalue weighted by Gasteiger charge is 2.19. The van der Waals surface area contributed by atoms with Crippen LogP contribution in [0.4, 0.5) is 11.5 Å². The van der Waals surface area contributed by atoms with E-state index in [-0.39, 0.29) is 11.3 Å². The van der Waals surface area contributed by atoms with Crippen molar-refractivity contribution in [3.8, 4) is 0 Å². The molecule has 0 bridgehead atoms. The zero-order valence-electron chi connectivity index (χ0n) is 13.5. The fourth-order valence-electron chi connectivity index (χ4n) is 2.52. The van der Waals surface area contributed by atoms with E-state index in [0.29, 0.717) is 12.4 Å². The first-order chi connectivity index (χ1) is 12.0. The number of aryl methyl sites for hydroxylation is 1. The quantitative estimate of drug-likeness (QED) is 0.571. The maximum absolute atomic E-state index is 12.3. The molecule has 0 radical (unpaired) electrons. The monoisotopic (exact) mass is 336 g/mol. The van der Waals surface area contributed by atoms with E-state index in [1.807, 2.05) is 25.1 Å². The van der Waals surface area contributed by atoms with Crippen LogP contribution < -0.4 is 5.32 Å². The molecular formula is C18H16N4O3. The van der Waals surface area contributed by atoms with Crippen molar-refractivity contribution in [2.75, 3.05) is 5.32 Å². The number of aromatic nitrogens is 2. The lowest BCUT2D eigenvalue weighted by Gasteiger charge is -2.04. The standard InChI is InChI=1S/C18H16N4O3/c1-13-5-4-6-14(11-13)12-21-10-9-17(20-21)19-18(23)15-7-2-3-8-16(15)22(24)25/h2-11H,12H2,1H3,(H,19,20,23). The van der Waals surface area contributed by atoms with E-state index in [4.69, 9.17) is 0 Å². The van der Waals surface area contributed by atoms with Gasteiger partial charge < -0.3 is 5.32 Å². The molecule has 1 heterocycles. The van der Waals surface area contributed by atoms with Crippen molar-refractivity contribution in [1.29, 1.82) is 0 Å². The molecule has 7 nitrogen and oxygen atoms in total. The Labute approximate surface area is 144 Å². The fraction of sp³-hybridized carbons (Fsp3) is 0.111. The first-order valence-electron chi connectivity index (χ1n) is 7.67. The van der Waals surface area contributed by atoms with Gasteiger partial charge in [-0.25, -0.2) is 0 Å². The molecule has 126 valence electrons. The second-order valence-electron chi connectivity index (χ2n) is 5.62. The van der Waals surface area contributed by atoms with E-state index in [1.54, 1.807) is 23.0 Å². The Kier molecular flexibility index (Phi) is 4.56. The number of amides is 1. The van der Waals surface area contributed by atoms with Crippen LogP contribution >= 0.6 is 0 Å². The maximum atomic E-state index is 12.3. The molecule has 1 N–H and O–H groups in total. The highest BCUT2D eigenvalue weighted by molar-refractivity contribution is 6.06. The van der Waals surface area contributed by atoms with Crippen LogP contribution in [0.25, 0.3) is 0 Å². The Bertz CT molecular complexity index is 933. The average Bonchev–Trinajstić information content (AvgIpc) is 3.01. The van der Waals surface area contributed by atoms with E-state index in [0.717, 1.165) is 11.1 Å². The third-order valence-corrected chi connectivity index (χ3v) is 3.65. The van der Waals surface area contributed by atoms with Crippen LogP contribution in [0, 0.1) is 17.0 Å². The van der Waals surface area contributed by atoms with E-state index >= 15 is 0 Å². The minimum Gasteiger partial charge on any atom is -0.305 e. The van der Waals surface area contributed by atoms with Crippen molar-refractivity contribution in [3.05, 3.63) is 87.6 Å². The number of rotatable bonds is 5. The second-order valence-corrected chi connectivity index (χ2v) is 5.62. The first-order valence-corrected chi connectivity index (χ1v) is 7.67. The molecule has 0 aliphatic rings. The number of hydrogen-bond acceptors (Lipinski definition) is 4. The van der Waals surface area contributed by atoms with Gasteiger partial charge in [0.25, 0.3) is 11.6 Å². The number of benzene rings is 2. The maximum Gasteiger partial charge on any atom is 0.282 e. The lowest BCUT2D eigenvalue weighted by molar-refractivity contribution is -0.385. The predicted molar refractivity (Wildman–Crippen MR) is 93.6 cm³/mol. The van der Waals surface area contributed by atoms with Crippen molar-refractivity contribution < 1.29 is 9.72 Å². The number of carbonyl (C=O) groups is 1. The summed E-state index contributed by atoms with van der Waals surface area (Å²) in [5, 5.41) is 17.9. The summed E-state index contributed by atoms with van der Waals surface area (Å²) in [6.45, 7) is 2.59. The van der Waals surface area contributed by atoms with Gasteiger partial charge >= 0.3 is 0 Å². The molecule has 0 aliphatic carbocycles. The molecule has 0 aliphatic heterocycles. The number of nitro groups is 1. The summed E-state index contributed by atoms with van der Waals surface area (Å²) in [7, 11) is 0. The largest absolute Gasteiger partial charge is 0.305 e. The molecule has 0 atom stereocenters. The average molecular weight is 336 g/mol. The van der Waals surface area contributed by atoms with Crippen molar-refractivity contribution in [3.63, 3.8) is 0 Å². The number of para-hydroxylation sites is 1. The molecule has 0 fully saturated rings. The minimum atomic E-state index is -0.578. The minimum absolute atomic E-state index is 0.000680. The SMILES string of the molecule is Cc1cccc(Cn2ccc(NC(=O)c3ccccc3[N+](=O)[O-])n2)c1. The summed E-state index contributed by atoms with van der Waals surface area (Å²) in [6.07, 6.45) is 1.75. The Morgan fingerprint density at radius 1 is 1.20 bits per heavy atom. The third kappa shape index (κ3) is 3.89. The molecule has 25 heavy (non-hydrogen) atoms. The van der Waals surface area contributed by atoms with Crippen LogP contribution in [0.15, 0.2) is 60.8 Å². The van der Waals surface area contributed by atoms with Gasteiger partial charge in [0.1, 0.15) is 5.56 Å². The molecule has 3 rings (SSSR count). The van der Waals surface area contributed by atoms with Crippen LogP contribution in [-0.2, 0) is 6.54 Å². The molecule has 0 saturated carbocycles. The summed E-state index contributed by atoms with van der Waals surface area (Å²) in [4.78, 5) is 22.7. The van der Waals surface area contributed by atoms with Crippen molar-refractivity contribution in [2.45, 2.75) is 13.5 Å². The molecule has 2 aromatic carbocycles. The first kappa shape index (κ1) is 16.4. The van der Waals surface area contributed by atoms with Gasteiger partial charge in [-0.2, -0.15) is 5.10 Å². The number of anilines is 1. The van der Waals surface area contributed by atoms with Gasteiger partial charge in [0.15, 0.2) is 5.82 Å². The number of carbonyl (C=O) groups excluding carboxylic acids is 1. The zero-order chi connectivity index (χ0) is 17.8. The molecular weight excluding hydrogens is 320 g/mol. The third-order valence-electron chi connectivity index (χ3n) is 3.65. The van der Waals surface area contributed by atoms with Crippen molar-refractivity contribution >= 4 is 17.4 Å². The summed E-state index contributed by atoms with van der Waals surface area (Å²) in [6, 6.07) is 15.5. The lowest BCUT2D eigenvalue weighted by Crippen LogP contribution is -2.14. The van der Waals surface area contributed by atoms with Crippen LogP contribution in [0.1, 0.15) is 21.5 Å². The van der Waals surface area contributed by atoms with E-state index in [1.165, 1.54) is 18.2 Å². The molecule has 0 spiro atoms. The number of nitro benzene ring substituents is 1. The Morgan fingerprint density at radius 2 is 2.00 bits per heavy atom.